The van der Waals surface area contributed by atoms with Gasteiger partial charge >= 0.3 is 0 Å². The number of rotatable bonds is 6. The predicted molar refractivity (Wildman–Crippen MR) is 77.6 cm³/mol. The molecule has 0 aliphatic heterocycles. The minimum atomic E-state index is 0.602. The maximum atomic E-state index is 6.19. The van der Waals surface area contributed by atoms with Gasteiger partial charge in [-0.1, -0.05) is 23.8 Å². The number of hydrogen-bond acceptors (Lipinski definition) is 4. The summed E-state index contributed by atoms with van der Waals surface area (Å²) < 4.78 is 5.18. The van der Waals surface area contributed by atoms with Crippen molar-refractivity contribution in [3.8, 4) is 0 Å². The molecule has 0 bridgehead atoms. The quantitative estimate of drug-likeness (QED) is 0.752. The maximum Gasteiger partial charge on any atom is 0.150 e. The Bertz CT molecular complexity index is 425. The van der Waals surface area contributed by atoms with Gasteiger partial charge in [0.05, 0.1) is 12.8 Å². The van der Waals surface area contributed by atoms with Crippen molar-refractivity contribution in [2.75, 3.05) is 31.7 Å². The molecular weight excluding hydrogens is 262 g/mol. The Balaban J connectivity index is 2.06. The lowest BCUT2D eigenvalue weighted by molar-refractivity contribution is 0.203. The number of halogens is 1. The van der Waals surface area contributed by atoms with Crippen molar-refractivity contribution >= 4 is 17.4 Å². The molecule has 104 valence electrons. The fraction of sp³-hybridized carbons (Fsp3) is 0.571. The average Bonchev–Trinajstić information content (AvgIpc) is 2.45. The van der Waals surface area contributed by atoms with Crippen LogP contribution >= 0.6 is 11.6 Å². The number of hydrogen-bond donors (Lipinski definition) is 0. The molecule has 19 heavy (non-hydrogen) atoms. The van der Waals surface area contributed by atoms with Gasteiger partial charge in [0.2, 0.25) is 0 Å². The highest BCUT2D eigenvalue weighted by Crippen LogP contribution is 2.25. The highest BCUT2D eigenvalue weighted by atomic mass is 35.5. The van der Waals surface area contributed by atoms with Crippen molar-refractivity contribution in [3.05, 3.63) is 29.7 Å². The summed E-state index contributed by atoms with van der Waals surface area (Å²) in [6.45, 7) is 2.43. The third-order valence-corrected chi connectivity index (χ3v) is 3.64. The van der Waals surface area contributed by atoms with Gasteiger partial charge in [-0.2, -0.15) is 0 Å². The van der Waals surface area contributed by atoms with Crippen LogP contribution in [-0.2, 0) is 4.74 Å². The standard InChI is InChI=1S/C14H20ClN3O/c1-19-8-7-18(10-12-5-3-2-4-6-12)14-13(15)9-16-11-17-14/h2-3,9,11-12H,4-8,10H2,1H3. The second-order valence-electron chi connectivity index (χ2n) is 4.78. The summed E-state index contributed by atoms with van der Waals surface area (Å²) in [5.41, 5.74) is 0. The third kappa shape index (κ3) is 4.18. The average molecular weight is 282 g/mol. The molecule has 0 saturated carbocycles. The first-order valence-electron chi connectivity index (χ1n) is 6.65. The monoisotopic (exact) mass is 281 g/mol. The van der Waals surface area contributed by atoms with Gasteiger partial charge in [-0.05, 0) is 25.2 Å². The van der Waals surface area contributed by atoms with Crippen molar-refractivity contribution in [1.82, 2.24) is 9.97 Å². The molecular formula is C14H20ClN3O. The van der Waals surface area contributed by atoms with Gasteiger partial charge in [0, 0.05) is 20.2 Å². The van der Waals surface area contributed by atoms with Crippen molar-refractivity contribution in [2.45, 2.75) is 19.3 Å². The van der Waals surface area contributed by atoms with Crippen LogP contribution in [0.1, 0.15) is 19.3 Å². The summed E-state index contributed by atoms with van der Waals surface area (Å²) in [5.74, 6) is 1.47. The summed E-state index contributed by atoms with van der Waals surface area (Å²) >= 11 is 6.19. The fourth-order valence-corrected chi connectivity index (χ4v) is 2.58. The Labute approximate surface area is 119 Å². The molecule has 0 radical (unpaired) electrons. The van der Waals surface area contributed by atoms with Gasteiger partial charge < -0.3 is 9.64 Å². The SMILES string of the molecule is COCCN(CC1CC=CCC1)c1ncncc1Cl. The number of methoxy groups -OCH3 is 1. The van der Waals surface area contributed by atoms with Crippen LogP contribution in [-0.4, -0.2) is 36.8 Å². The Morgan fingerprint density at radius 2 is 2.37 bits per heavy atom. The van der Waals surface area contributed by atoms with Gasteiger partial charge in [0.25, 0.3) is 0 Å². The first-order chi connectivity index (χ1) is 9.31. The summed E-state index contributed by atoms with van der Waals surface area (Å²) in [7, 11) is 1.71. The van der Waals surface area contributed by atoms with Gasteiger partial charge in [-0.3, -0.25) is 0 Å². The van der Waals surface area contributed by atoms with E-state index in [1.54, 1.807) is 19.6 Å². The predicted octanol–water partition coefficient (Wildman–Crippen LogP) is 2.94. The summed E-state index contributed by atoms with van der Waals surface area (Å²) in [6, 6.07) is 0. The number of nitrogens with zero attached hydrogens (tertiary/aromatic N) is 3. The molecule has 4 nitrogen and oxygen atoms in total. The van der Waals surface area contributed by atoms with Gasteiger partial charge in [-0.25, -0.2) is 9.97 Å². The Morgan fingerprint density at radius 1 is 1.47 bits per heavy atom. The van der Waals surface area contributed by atoms with Crippen molar-refractivity contribution in [1.29, 1.82) is 0 Å². The number of anilines is 1. The molecule has 5 heteroatoms. The lowest BCUT2D eigenvalue weighted by atomic mass is 9.94. The van der Waals surface area contributed by atoms with Crippen molar-refractivity contribution < 1.29 is 4.74 Å². The van der Waals surface area contributed by atoms with E-state index in [0.29, 0.717) is 17.5 Å². The topological polar surface area (TPSA) is 38.2 Å². The molecule has 0 aromatic carbocycles. The molecule has 0 spiro atoms. The van der Waals surface area contributed by atoms with Gasteiger partial charge in [0.1, 0.15) is 11.3 Å². The molecule has 1 aromatic rings. The Morgan fingerprint density at radius 3 is 3.05 bits per heavy atom. The molecule has 1 atom stereocenters. The molecule has 0 N–H and O–H groups in total. The molecule has 1 aliphatic carbocycles. The molecule has 1 unspecified atom stereocenters. The molecule has 0 saturated heterocycles. The highest BCUT2D eigenvalue weighted by molar-refractivity contribution is 6.32. The first kappa shape index (κ1) is 14.3. The zero-order valence-electron chi connectivity index (χ0n) is 11.3. The van der Waals surface area contributed by atoms with Crippen molar-refractivity contribution in [3.63, 3.8) is 0 Å². The molecule has 1 aromatic heterocycles. The number of allylic oxidation sites excluding steroid dienone is 2. The minimum Gasteiger partial charge on any atom is -0.383 e. The summed E-state index contributed by atoms with van der Waals surface area (Å²) in [5, 5.41) is 0.602. The van der Waals surface area contributed by atoms with Crippen LogP contribution in [0.5, 0.6) is 0 Å². The van der Waals surface area contributed by atoms with E-state index in [-0.39, 0.29) is 0 Å². The van der Waals surface area contributed by atoms with Crippen LogP contribution < -0.4 is 4.90 Å². The zero-order chi connectivity index (χ0) is 13.5. The van der Waals surface area contributed by atoms with Crippen LogP contribution in [0.2, 0.25) is 5.02 Å². The van der Waals surface area contributed by atoms with E-state index in [4.69, 9.17) is 16.3 Å². The normalized spacial score (nSPS) is 18.5. The first-order valence-corrected chi connectivity index (χ1v) is 7.03. The lowest BCUT2D eigenvalue weighted by Gasteiger charge is -2.29. The van der Waals surface area contributed by atoms with E-state index >= 15 is 0 Å². The minimum absolute atomic E-state index is 0.602. The largest absolute Gasteiger partial charge is 0.383 e. The highest BCUT2D eigenvalue weighted by Gasteiger charge is 2.18. The van der Waals surface area contributed by atoms with E-state index in [1.165, 1.54) is 12.8 Å². The van der Waals surface area contributed by atoms with E-state index in [9.17, 15) is 0 Å². The number of ether oxygens (including phenoxy) is 1. The van der Waals surface area contributed by atoms with Crippen LogP contribution in [0.3, 0.4) is 0 Å². The molecule has 0 amide bonds. The molecule has 1 heterocycles. The van der Waals surface area contributed by atoms with E-state index in [1.807, 2.05) is 0 Å². The van der Waals surface area contributed by atoms with Crippen molar-refractivity contribution in [2.24, 2.45) is 5.92 Å². The zero-order valence-corrected chi connectivity index (χ0v) is 12.0. The van der Waals surface area contributed by atoms with Crippen LogP contribution in [0.25, 0.3) is 0 Å². The smallest absolute Gasteiger partial charge is 0.150 e. The molecule has 2 rings (SSSR count). The maximum absolute atomic E-state index is 6.19. The van der Waals surface area contributed by atoms with Gasteiger partial charge in [0.15, 0.2) is 5.82 Å². The Hall–Kier alpha value is -1.13. The summed E-state index contributed by atoms with van der Waals surface area (Å²) in [4.78, 5) is 10.5. The van der Waals surface area contributed by atoms with E-state index in [0.717, 1.165) is 25.3 Å². The second-order valence-corrected chi connectivity index (χ2v) is 5.19. The van der Waals surface area contributed by atoms with E-state index < -0.39 is 0 Å². The van der Waals surface area contributed by atoms with Gasteiger partial charge in [-0.15, -0.1) is 0 Å². The molecule has 1 aliphatic rings. The Kier molecular flexibility index (Phi) is 5.61. The van der Waals surface area contributed by atoms with Crippen LogP contribution in [0, 0.1) is 5.92 Å². The second kappa shape index (κ2) is 7.46. The lowest BCUT2D eigenvalue weighted by Crippen LogP contribution is -2.33. The van der Waals surface area contributed by atoms with E-state index in [2.05, 4.69) is 27.0 Å². The third-order valence-electron chi connectivity index (χ3n) is 3.37. The molecule has 0 fully saturated rings. The summed E-state index contributed by atoms with van der Waals surface area (Å²) in [6.07, 6.45) is 11.2. The fourth-order valence-electron chi connectivity index (χ4n) is 2.36. The van der Waals surface area contributed by atoms with Crippen LogP contribution in [0.15, 0.2) is 24.7 Å². The van der Waals surface area contributed by atoms with Crippen LogP contribution in [0.4, 0.5) is 5.82 Å². The number of aromatic nitrogens is 2.